The van der Waals surface area contributed by atoms with Gasteiger partial charge in [0.15, 0.2) is 6.04 Å². The first-order valence-electron chi connectivity index (χ1n) is 6.57. The van der Waals surface area contributed by atoms with Crippen molar-refractivity contribution in [1.29, 1.82) is 0 Å². The Morgan fingerprint density at radius 2 is 2.05 bits per heavy atom. The number of hydrogen-bond acceptors (Lipinski definition) is 4. The molecule has 19 heavy (non-hydrogen) atoms. The molecule has 0 saturated carbocycles. The van der Waals surface area contributed by atoms with E-state index in [0.717, 1.165) is 6.42 Å². The summed E-state index contributed by atoms with van der Waals surface area (Å²) in [5.41, 5.74) is 0. The maximum Gasteiger partial charge on any atom is 0.328 e. The molecule has 0 aromatic rings. The lowest BCUT2D eigenvalue weighted by Gasteiger charge is -2.36. The van der Waals surface area contributed by atoms with Gasteiger partial charge in [0.25, 0.3) is 0 Å². The molecule has 0 aromatic heterocycles. The lowest BCUT2D eigenvalue weighted by atomic mass is 10.2. The number of carboxylic acids is 1. The monoisotopic (exact) mass is 272 g/mol. The van der Waals surface area contributed by atoms with Crippen LogP contribution in [-0.2, 0) is 14.3 Å². The molecule has 2 rings (SSSR count). The molecule has 2 aliphatic rings. The molecule has 2 atom stereocenters. The van der Waals surface area contributed by atoms with Gasteiger partial charge in [-0.25, -0.2) is 9.59 Å². The minimum absolute atomic E-state index is 0.0178. The summed E-state index contributed by atoms with van der Waals surface area (Å²) in [4.78, 5) is 26.7. The highest BCUT2D eigenvalue weighted by molar-refractivity contribution is 5.83. The van der Waals surface area contributed by atoms with E-state index in [4.69, 9.17) is 14.6 Å². The average molecular weight is 272 g/mol. The first kappa shape index (κ1) is 14.1. The largest absolute Gasteiger partial charge is 0.480 e. The van der Waals surface area contributed by atoms with E-state index in [0.29, 0.717) is 32.8 Å². The van der Waals surface area contributed by atoms with Crippen molar-refractivity contribution in [2.75, 3.05) is 39.5 Å². The Kier molecular flexibility index (Phi) is 4.60. The first-order valence-corrected chi connectivity index (χ1v) is 6.57. The van der Waals surface area contributed by atoms with Gasteiger partial charge in [-0.15, -0.1) is 0 Å². The smallest absolute Gasteiger partial charge is 0.328 e. The third-order valence-corrected chi connectivity index (χ3v) is 3.38. The molecule has 0 spiro atoms. The molecule has 2 unspecified atom stereocenters. The van der Waals surface area contributed by atoms with E-state index in [2.05, 4.69) is 0 Å². The van der Waals surface area contributed by atoms with Gasteiger partial charge in [-0.1, -0.05) is 0 Å². The Morgan fingerprint density at radius 3 is 2.79 bits per heavy atom. The molecule has 0 bridgehead atoms. The quantitative estimate of drug-likeness (QED) is 0.727. The zero-order valence-corrected chi connectivity index (χ0v) is 11.1. The lowest BCUT2D eigenvalue weighted by Crippen LogP contribution is -2.57. The Balaban J connectivity index is 2.05. The molecule has 2 amide bonds. The van der Waals surface area contributed by atoms with Crippen molar-refractivity contribution in [2.24, 2.45) is 0 Å². The predicted octanol–water partition coefficient (Wildman–Crippen LogP) is 0.00260. The van der Waals surface area contributed by atoms with Gasteiger partial charge in [-0.05, 0) is 13.3 Å². The highest BCUT2D eigenvalue weighted by atomic mass is 16.5. The summed E-state index contributed by atoms with van der Waals surface area (Å²) in [6.07, 6.45) is 0.758. The number of carboxylic acid groups (broad SMARTS) is 1. The van der Waals surface area contributed by atoms with Gasteiger partial charge in [0.05, 0.1) is 19.3 Å². The second-order valence-electron chi connectivity index (χ2n) is 4.89. The molecule has 0 aromatic carbocycles. The van der Waals surface area contributed by atoms with Gasteiger partial charge in [0, 0.05) is 26.2 Å². The maximum absolute atomic E-state index is 12.4. The van der Waals surface area contributed by atoms with Gasteiger partial charge in [0.1, 0.15) is 0 Å². The third-order valence-electron chi connectivity index (χ3n) is 3.38. The molecule has 2 heterocycles. The summed E-state index contributed by atoms with van der Waals surface area (Å²) < 4.78 is 10.6. The van der Waals surface area contributed by atoms with E-state index in [9.17, 15) is 9.59 Å². The summed E-state index contributed by atoms with van der Waals surface area (Å²) in [5, 5.41) is 9.15. The van der Waals surface area contributed by atoms with Crippen LogP contribution < -0.4 is 0 Å². The van der Waals surface area contributed by atoms with Crippen molar-refractivity contribution in [1.82, 2.24) is 9.80 Å². The molecular formula is C12H20N2O5. The molecule has 0 radical (unpaired) electrons. The zero-order chi connectivity index (χ0) is 13.8. The highest BCUT2D eigenvalue weighted by Crippen LogP contribution is 2.14. The van der Waals surface area contributed by atoms with Crippen molar-refractivity contribution in [3.05, 3.63) is 0 Å². The van der Waals surface area contributed by atoms with Crippen LogP contribution in [0, 0.1) is 0 Å². The van der Waals surface area contributed by atoms with E-state index < -0.39 is 12.0 Å². The van der Waals surface area contributed by atoms with Crippen molar-refractivity contribution in [3.63, 3.8) is 0 Å². The fourth-order valence-corrected chi connectivity index (χ4v) is 2.39. The second-order valence-corrected chi connectivity index (χ2v) is 4.89. The maximum atomic E-state index is 12.4. The van der Waals surface area contributed by atoms with Crippen molar-refractivity contribution in [2.45, 2.75) is 25.5 Å². The van der Waals surface area contributed by atoms with Crippen molar-refractivity contribution >= 4 is 12.0 Å². The SMILES string of the molecule is CC1CN(C(=O)N2CCOCC2C(=O)O)CCCO1. The standard InChI is InChI=1S/C12H20N2O5/c1-9-7-13(3-2-5-19-9)12(17)14-4-6-18-8-10(14)11(15)16/h9-10H,2-8H2,1H3,(H,15,16). The Hall–Kier alpha value is -1.34. The highest BCUT2D eigenvalue weighted by Gasteiger charge is 2.35. The number of carbonyl (C=O) groups is 2. The van der Waals surface area contributed by atoms with E-state index in [1.54, 1.807) is 4.90 Å². The van der Waals surface area contributed by atoms with Gasteiger partial charge < -0.3 is 24.4 Å². The van der Waals surface area contributed by atoms with Crippen LogP contribution in [0.2, 0.25) is 0 Å². The first-order chi connectivity index (χ1) is 9.09. The van der Waals surface area contributed by atoms with Crippen LogP contribution in [0.15, 0.2) is 0 Å². The number of morpholine rings is 1. The predicted molar refractivity (Wildman–Crippen MR) is 65.9 cm³/mol. The van der Waals surface area contributed by atoms with E-state index in [1.165, 1.54) is 4.90 Å². The Labute approximate surface area is 112 Å². The number of aliphatic carboxylic acids is 1. The molecule has 7 heteroatoms. The van der Waals surface area contributed by atoms with Gasteiger partial charge in [-0.2, -0.15) is 0 Å². The third kappa shape index (κ3) is 3.36. The van der Waals surface area contributed by atoms with E-state index >= 15 is 0 Å². The minimum atomic E-state index is -1.02. The van der Waals surface area contributed by atoms with Crippen LogP contribution in [0.25, 0.3) is 0 Å². The van der Waals surface area contributed by atoms with Gasteiger partial charge in [0.2, 0.25) is 0 Å². The number of nitrogens with zero attached hydrogens (tertiary/aromatic N) is 2. The number of carbonyl (C=O) groups excluding carboxylic acids is 1. The molecule has 2 saturated heterocycles. The molecule has 7 nitrogen and oxygen atoms in total. The van der Waals surface area contributed by atoms with Crippen LogP contribution >= 0.6 is 0 Å². The van der Waals surface area contributed by atoms with Crippen LogP contribution in [0.5, 0.6) is 0 Å². The number of amides is 2. The Morgan fingerprint density at radius 1 is 1.26 bits per heavy atom. The molecule has 0 aliphatic carbocycles. The molecule has 108 valence electrons. The van der Waals surface area contributed by atoms with Crippen LogP contribution in [0.3, 0.4) is 0 Å². The summed E-state index contributed by atoms with van der Waals surface area (Å²) in [6, 6.07) is -1.12. The second kappa shape index (κ2) is 6.21. The van der Waals surface area contributed by atoms with Crippen molar-refractivity contribution in [3.8, 4) is 0 Å². The van der Waals surface area contributed by atoms with E-state index in [-0.39, 0.29) is 18.7 Å². The molecular weight excluding hydrogens is 252 g/mol. The fraction of sp³-hybridized carbons (Fsp3) is 0.833. The zero-order valence-electron chi connectivity index (χ0n) is 11.1. The summed E-state index contributed by atoms with van der Waals surface area (Å²) in [7, 11) is 0. The van der Waals surface area contributed by atoms with Crippen molar-refractivity contribution < 1.29 is 24.2 Å². The molecule has 2 aliphatic heterocycles. The average Bonchev–Trinajstić information content (AvgIpc) is 2.62. The number of rotatable bonds is 1. The fourth-order valence-electron chi connectivity index (χ4n) is 2.39. The van der Waals surface area contributed by atoms with Gasteiger partial charge >= 0.3 is 12.0 Å². The number of urea groups is 1. The topological polar surface area (TPSA) is 79.3 Å². The normalized spacial score (nSPS) is 28.9. The number of hydrogen-bond donors (Lipinski definition) is 1. The Bertz CT molecular complexity index is 349. The van der Waals surface area contributed by atoms with Crippen LogP contribution in [0.4, 0.5) is 4.79 Å². The minimum Gasteiger partial charge on any atom is -0.480 e. The van der Waals surface area contributed by atoms with Gasteiger partial charge in [-0.3, -0.25) is 0 Å². The summed E-state index contributed by atoms with van der Waals surface area (Å²) >= 11 is 0. The number of ether oxygens (including phenoxy) is 2. The molecule has 1 N–H and O–H groups in total. The van der Waals surface area contributed by atoms with Crippen LogP contribution in [0.1, 0.15) is 13.3 Å². The van der Waals surface area contributed by atoms with E-state index in [1.807, 2.05) is 6.92 Å². The molecule has 2 fully saturated rings. The summed E-state index contributed by atoms with van der Waals surface area (Å²) in [6.45, 7) is 4.42. The summed E-state index contributed by atoms with van der Waals surface area (Å²) in [5.74, 6) is -1.02. The van der Waals surface area contributed by atoms with Crippen LogP contribution in [-0.4, -0.2) is 78.5 Å². The lowest BCUT2D eigenvalue weighted by molar-refractivity contribution is -0.147.